The van der Waals surface area contributed by atoms with Crippen molar-refractivity contribution in [2.24, 2.45) is 5.84 Å². The second kappa shape index (κ2) is 7.17. The van der Waals surface area contributed by atoms with E-state index in [1.54, 1.807) is 0 Å². The monoisotopic (exact) mass is 351 g/mol. The van der Waals surface area contributed by atoms with E-state index in [-0.39, 0.29) is 6.04 Å². The van der Waals surface area contributed by atoms with Gasteiger partial charge < -0.3 is 4.90 Å². The van der Waals surface area contributed by atoms with E-state index in [1.807, 2.05) is 23.0 Å². The van der Waals surface area contributed by atoms with Gasteiger partial charge in [-0.1, -0.05) is 24.3 Å². The van der Waals surface area contributed by atoms with Crippen LogP contribution < -0.4 is 11.3 Å². The molecule has 0 radical (unpaired) electrons. The van der Waals surface area contributed by atoms with Gasteiger partial charge in [0.2, 0.25) is 0 Å². The number of hydrogen-bond acceptors (Lipinski definition) is 4. The molecule has 1 unspecified atom stereocenters. The van der Waals surface area contributed by atoms with E-state index in [2.05, 4.69) is 64.5 Å². The summed E-state index contributed by atoms with van der Waals surface area (Å²) < 4.78 is 2.97. The topological polar surface area (TPSA) is 59.1 Å². The molecule has 0 saturated heterocycles. The predicted molar refractivity (Wildman–Crippen MR) is 88.8 cm³/mol. The Morgan fingerprint density at radius 2 is 2.10 bits per heavy atom. The van der Waals surface area contributed by atoms with Gasteiger partial charge in [0.05, 0.1) is 29.0 Å². The fourth-order valence-electron chi connectivity index (χ4n) is 2.36. The van der Waals surface area contributed by atoms with Crippen LogP contribution in [0.2, 0.25) is 0 Å². The highest BCUT2D eigenvalue weighted by molar-refractivity contribution is 9.10. The molecule has 1 heterocycles. The van der Waals surface area contributed by atoms with Crippen LogP contribution in [0, 0.1) is 6.92 Å². The number of aromatic nitrogens is 2. The van der Waals surface area contributed by atoms with E-state index in [1.165, 1.54) is 5.56 Å². The number of benzene rings is 1. The Morgan fingerprint density at radius 1 is 1.38 bits per heavy atom. The average Bonchev–Trinajstić information content (AvgIpc) is 2.81. The molecule has 0 saturated carbocycles. The number of rotatable bonds is 6. The molecular weight excluding hydrogens is 330 g/mol. The third-order valence-corrected chi connectivity index (χ3v) is 4.14. The zero-order chi connectivity index (χ0) is 15.4. The fraction of sp³-hybridized carbons (Fsp3) is 0.400. The lowest BCUT2D eigenvalue weighted by Gasteiger charge is -2.21. The van der Waals surface area contributed by atoms with Gasteiger partial charge in [0, 0.05) is 6.54 Å². The van der Waals surface area contributed by atoms with Crippen LogP contribution in [0.25, 0.3) is 0 Å². The van der Waals surface area contributed by atoms with E-state index in [4.69, 9.17) is 5.84 Å². The summed E-state index contributed by atoms with van der Waals surface area (Å²) in [5.74, 6) is 5.84. The van der Waals surface area contributed by atoms with Crippen LogP contribution in [0.4, 0.5) is 0 Å². The maximum absolute atomic E-state index is 5.84. The third kappa shape index (κ3) is 3.71. The second-order valence-electron chi connectivity index (χ2n) is 5.36. The van der Waals surface area contributed by atoms with Crippen molar-refractivity contribution in [1.82, 2.24) is 20.1 Å². The number of nitrogens with zero attached hydrogens (tertiary/aromatic N) is 3. The highest BCUT2D eigenvalue weighted by Crippen LogP contribution is 2.29. The van der Waals surface area contributed by atoms with E-state index < -0.39 is 0 Å². The summed E-state index contributed by atoms with van der Waals surface area (Å²) in [6.45, 7) is 3.83. The van der Waals surface area contributed by atoms with Crippen molar-refractivity contribution in [2.75, 3.05) is 20.6 Å². The van der Waals surface area contributed by atoms with Crippen LogP contribution in [-0.4, -0.2) is 35.3 Å². The van der Waals surface area contributed by atoms with Gasteiger partial charge in [-0.25, -0.2) is 5.43 Å². The minimum atomic E-state index is -0.0924. The van der Waals surface area contributed by atoms with Crippen LogP contribution in [0.1, 0.15) is 22.9 Å². The van der Waals surface area contributed by atoms with Crippen molar-refractivity contribution in [2.45, 2.75) is 19.5 Å². The van der Waals surface area contributed by atoms with Gasteiger partial charge in [0.15, 0.2) is 0 Å². The quantitative estimate of drug-likeness (QED) is 0.617. The van der Waals surface area contributed by atoms with Crippen molar-refractivity contribution >= 4 is 15.9 Å². The molecule has 6 heteroatoms. The first kappa shape index (κ1) is 16.2. The normalized spacial score (nSPS) is 12.9. The number of nitrogens with one attached hydrogen (secondary N) is 1. The Bertz CT molecular complexity index is 593. The molecule has 2 aromatic rings. The minimum Gasteiger partial charge on any atom is -0.308 e. The van der Waals surface area contributed by atoms with Gasteiger partial charge in [-0.15, -0.1) is 0 Å². The number of nitrogens with two attached hydrogens (primary N) is 1. The Labute approximate surface area is 134 Å². The fourth-order valence-corrected chi connectivity index (χ4v) is 2.88. The molecule has 0 aliphatic heterocycles. The molecular formula is C15H22BrN5. The van der Waals surface area contributed by atoms with Crippen LogP contribution in [0.5, 0.6) is 0 Å². The number of hydrazine groups is 1. The highest BCUT2D eigenvalue weighted by atomic mass is 79.9. The average molecular weight is 352 g/mol. The summed E-state index contributed by atoms with van der Waals surface area (Å²) in [4.78, 5) is 2.14. The molecule has 0 bridgehead atoms. The van der Waals surface area contributed by atoms with Gasteiger partial charge in [-0.05, 0) is 48.1 Å². The molecule has 0 aliphatic rings. The van der Waals surface area contributed by atoms with Crippen LogP contribution in [-0.2, 0) is 6.54 Å². The summed E-state index contributed by atoms with van der Waals surface area (Å²) in [5, 5.41) is 4.46. The molecule has 3 N–H and O–H groups in total. The predicted octanol–water partition coefficient (Wildman–Crippen LogP) is 2.07. The molecule has 0 amide bonds. The maximum atomic E-state index is 5.84. The lowest BCUT2D eigenvalue weighted by atomic mass is 9.99. The Hall–Kier alpha value is -1.21. The van der Waals surface area contributed by atoms with Gasteiger partial charge in [0.1, 0.15) is 0 Å². The van der Waals surface area contributed by atoms with Gasteiger partial charge >= 0.3 is 0 Å². The summed E-state index contributed by atoms with van der Waals surface area (Å²) >= 11 is 3.59. The Morgan fingerprint density at radius 3 is 2.71 bits per heavy atom. The van der Waals surface area contributed by atoms with Crippen molar-refractivity contribution in [3.8, 4) is 0 Å². The van der Waals surface area contributed by atoms with Gasteiger partial charge in [0.25, 0.3) is 0 Å². The maximum Gasteiger partial charge on any atom is 0.0892 e. The van der Waals surface area contributed by atoms with E-state index in [9.17, 15) is 0 Å². The minimum absolute atomic E-state index is 0.0924. The van der Waals surface area contributed by atoms with Crippen LogP contribution >= 0.6 is 15.9 Å². The molecule has 0 spiro atoms. The molecule has 21 heavy (non-hydrogen) atoms. The molecule has 5 nitrogen and oxygen atoms in total. The molecule has 0 aliphatic carbocycles. The van der Waals surface area contributed by atoms with Gasteiger partial charge in [-0.3, -0.25) is 10.5 Å². The van der Waals surface area contributed by atoms with E-state index >= 15 is 0 Å². The molecule has 114 valence electrons. The lowest BCUT2D eigenvalue weighted by Crippen LogP contribution is -2.32. The van der Waals surface area contributed by atoms with E-state index in [0.717, 1.165) is 28.8 Å². The summed E-state index contributed by atoms with van der Waals surface area (Å²) in [7, 11) is 4.11. The highest BCUT2D eigenvalue weighted by Gasteiger charge is 2.22. The number of aryl methyl sites for hydroxylation is 1. The number of hydrogen-bond donors (Lipinski definition) is 2. The van der Waals surface area contributed by atoms with Crippen molar-refractivity contribution < 1.29 is 0 Å². The summed E-state index contributed by atoms with van der Waals surface area (Å²) in [5.41, 5.74) is 6.34. The summed E-state index contributed by atoms with van der Waals surface area (Å²) in [6.07, 6.45) is 1.83. The summed E-state index contributed by atoms with van der Waals surface area (Å²) in [6, 6.07) is 8.15. The molecule has 1 aromatic heterocycles. The molecule has 0 fully saturated rings. The van der Waals surface area contributed by atoms with Gasteiger partial charge in [-0.2, -0.15) is 5.10 Å². The van der Waals surface area contributed by atoms with Crippen molar-refractivity contribution in [3.63, 3.8) is 0 Å². The zero-order valence-electron chi connectivity index (χ0n) is 12.7. The molecule has 1 aromatic carbocycles. The van der Waals surface area contributed by atoms with E-state index in [0.29, 0.717) is 0 Å². The van der Waals surface area contributed by atoms with Crippen molar-refractivity contribution in [3.05, 3.63) is 51.8 Å². The standard InChI is InChI=1S/C15H22BrN5/c1-11-6-4-5-7-12(11)14(19-17)15-13(16)10-18-21(15)9-8-20(2)3/h4-7,10,14,19H,8-9,17H2,1-3H3. The van der Waals surface area contributed by atoms with Crippen molar-refractivity contribution in [1.29, 1.82) is 0 Å². The molecule has 1 atom stereocenters. The third-order valence-electron chi connectivity index (χ3n) is 3.53. The largest absolute Gasteiger partial charge is 0.308 e. The number of halogens is 1. The number of likely N-dealkylation sites (N-methyl/N-ethyl adjacent to an activating group) is 1. The smallest absolute Gasteiger partial charge is 0.0892 e. The first-order valence-electron chi connectivity index (χ1n) is 6.92. The Kier molecular flexibility index (Phi) is 5.52. The first-order valence-corrected chi connectivity index (χ1v) is 7.71. The lowest BCUT2D eigenvalue weighted by molar-refractivity contribution is 0.365. The van der Waals surface area contributed by atoms with Crippen LogP contribution in [0.15, 0.2) is 34.9 Å². The SMILES string of the molecule is Cc1ccccc1C(NN)c1c(Br)cnn1CCN(C)C. The Balaban J connectivity index is 2.38. The molecule has 2 rings (SSSR count). The first-order chi connectivity index (χ1) is 10.0. The van der Waals surface area contributed by atoms with Crippen LogP contribution in [0.3, 0.4) is 0 Å². The second-order valence-corrected chi connectivity index (χ2v) is 6.21. The zero-order valence-corrected chi connectivity index (χ0v) is 14.3.